The number of halogens is 3. The summed E-state index contributed by atoms with van der Waals surface area (Å²) >= 11 is 5.82. The molecule has 0 saturated heterocycles. The zero-order valence-electron chi connectivity index (χ0n) is 14.7. The van der Waals surface area contributed by atoms with Crippen molar-refractivity contribution in [3.8, 4) is 0 Å². The van der Waals surface area contributed by atoms with Gasteiger partial charge in [-0.1, -0.05) is 41.4 Å². The molecule has 142 valence electrons. The van der Waals surface area contributed by atoms with E-state index in [-0.39, 0.29) is 17.5 Å². The molecule has 0 spiro atoms. The van der Waals surface area contributed by atoms with Crippen molar-refractivity contribution in [1.82, 2.24) is 24.5 Å². The van der Waals surface area contributed by atoms with Gasteiger partial charge in [-0.3, -0.25) is 14.8 Å². The van der Waals surface area contributed by atoms with E-state index in [4.69, 9.17) is 11.6 Å². The molecule has 27 heavy (non-hydrogen) atoms. The molecule has 0 aliphatic rings. The fourth-order valence-electron chi connectivity index (χ4n) is 2.45. The number of nitrogens with one attached hydrogen (secondary N) is 1. The number of hydrogen-bond donors (Lipinski definition) is 1. The monoisotopic (exact) mass is 394 g/mol. The summed E-state index contributed by atoms with van der Waals surface area (Å²) in [6.45, 7) is 3.76. The summed E-state index contributed by atoms with van der Waals surface area (Å²) in [6.07, 6.45) is -1.31. The first kappa shape index (κ1) is 19.0. The Balaban J connectivity index is 1.63. The normalized spacial score (nSPS) is 11.2. The van der Waals surface area contributed by atoms with Gasteiger partial charge in [-0.15, -0.1) is 5.10 Å². The van der Waals surface area contributed by atoms with Crippen molar-refractivity contribution in [3.05, 3.63) is 58.1 Å². The second-order valence-corrected chi connectivity index (χ2v) is 6.42. The minimum Gasteiger partial charge on any atom is -0.292 e. The van der Waals surface area contributed by atoms with Crippen LogP contribution in [0.25, 0.3) is 0 Å². The van der Waals surface area contributed by atoms with Crippen LogP contribution in [0.1, 0.15) is 28.9 Å². The van der Waals surface area contributed by atoms with E-state index in [1.165, 1.54) is 13.3 Å². The highest BCUT2D eigenvalue weighted by Gasteiger charge is 2.21. The van der Waals surface area contributed by atoms with Gasteiger partial charge in [0.25, 0.3) is 6.43 Å². The summed E-state index contributed by atoms with van der Waals surface area (Å²) in [4.78, 5) is 16.2. The third kappa shape index (κ3) is 4.48. The summed E-state index contributed by atoms with van der Waals surface area (Å²) < 4.78 is 28.4. The molecule has 7 nitrogen and oxygen atoms in total. The number of anilines is 1. The molecule has 0 atom stereocenters. The molecule has 0 unspecified atom stereocenters. The van der Waals surface area contributed by atoms with Crippen LogP contribution in [-0.4, -0.2) is 30.5 Å². The van der Waals surface area contributed by atoms with Gasteiger partial charge in [-0.05, 0) is 19.4 Å². The van der Waals surface area contributed by atoms with Gasteiger partial charge in [0.2, 0.25) is 11.9 Å². The highest BCUT2D eigenvalue weighted by Crippen LogP contribution is 2.28. The van der Waals surface area contributed by atoms with Crippen LogP contribution in [0.3, 0.4) is 0 Å². The molecule has 0 radical (unpaired) electrons. The lowest BCUT2D eigenvalue weighted by molar-refractivity contribution is -0.117. The molecule has 3 aromatic rings. The van der Waals surface area contributed by atoms with Crippen molar-refractivity contribution in [2.75, 3.05) is 5.32 Å². The lowest BCUT2D eigenvalue weighted by Gasteiger charge is -2.04. The minimum absolute atomic E-state index is 0.122. The molecule has 2 heterocycles. The highest BCUT2D eigenvalue weighted by atomic mass is 35.5. The Bertz CT molecular complexity index is 951. The zero-order valence-corrected chi connectivity index (χ0v) is 15.4. The standard InChI is InChI=1S/C17H17ClF2N6O/c1-10-3-5-12(6-4-10)7-25-9-21-17(24-25)22-13(27)8-26-11(2)14(18)15(23-26)16(19)20/h3-6,9,16H,7-8H2,1-2H3,(H,22,24,27). The lowest BCUT2D eigenvalue weighted by Crippen LogP contribution is -2.21. The number of benzene rings is 1. The number of rotatable bonds is 6. The predicted molar refractivity (Wildman–Crippen MR) is 95.9 cm³/mol. The SMILES string of the molecule is Cc1ccc(Cn2cnc(NC(=O)Cn3nc(C(F)F)c(Cl)c3C)n2)cc1. The van der Waals surface area contributed by atoms with Crippen LogP contribution in [0, 0.1) is 13.8 Å². The van der Waals surface area contributed by atoms with E-state index in [0.29, 0.717) is 12.2 Å². The zero-order chi connectivity index (χ0) is 19.6. The van der Waals surface area contributed by atoms with Gasteiger partial charge < -0.3 is 0 Å². The number of aryl methyl sites for hydroxylation is 1. The van der Waals surface area contributed by atoms with Gasteiger partial charge in [0.15, 0.2) is 0 Å². The Labute approximate surface area is 159 Å². The van der Waals surface area contributed by atoms with Crippen molar-refractivity contribution in [2.45, 2.75) is 33.4 Å². The first-order valence-electron chi connectivity index (χ1n) is 8.09. The lowest BCUT2D eigenvalue weighted by atomic mass is 10.1. The number of alkyl halides is 2. The molecule has 10 heteroatoms. The fourth-order valence-corrected chi connectivity index (χ4v) is 2.67. The summed E-state index contributed by atoms with van der Waals surface area (Å²) in [7, 11) is 0. The fraction of sp³-hybridized carbons (Fsp3) is 0.294. The minimum atomic E-state index is -2.81. The van der Waals surface area contributed by atoms with Crippen LogP contribution in [0.5, 0.6) is 0 Å². The Morgan fingerprint density at radius 2 is 1.93 bits per heavy atom. The van der Waals surface area contributed by atoms with Crippen molar-refractivity contribution in [2.24, 2.45) is 0 Å². The number of hydrogen-bond acceptors (Lipinski definition) is 4. The molecule has 1 aromatic carbocycles. The van der Waals surface area contributed by atoms with E-state index < -0.39 is 18.0 Å². The molecular formula is C17H17ClF2N6O. The highest BCUT2D eigenvalue weighted by molar-refractivity contribution is 6.31. The molecule has 0 fully saturated rings. The third-order valence-corrected chi connectivity index (χ3v) is 4.38. The largest absolute Gasteiger partial charge is 0.292 e. The maximum absolute atomic E-state index is 12.8. The van der Waals surface area contributed by atoms with Crippen LogP contribution in [-0.2, 0) is 17.9 Å². The average Bonchev–Trinajstić information content (AvgIpc) is 3.16. The van der Waals surface area contributed by atoms with Crippen molar-refractivity contribution >= 4 is 23.5 Å². The van der Waals surface area contributed by atoms with Gasteiger partial charge in [0.1, 0.15) is 18.6 Å². The number of carbonyl (C=O) groups excluding carboxylic acids is 1. The molecule has 1 N–H and O–H groups in total. The van der Waals surface area contributed by atoms with E-state index in [1.807, 2.05) is 31.2 Å². The van der Waals surface area contributed by atoms with E-state index in [0.717, 1.165) is 15.8 Å². The quantitative estimate of drug-likeness (QED) is 0.695. The van der Waals surface area contributed by atoms with Crippen molar-refractivity contribution in [1.29, 1.82) is 0 Å². The molecule has 2 aromatic heterocycles. The predicted octanol–water partition coefficient (Wildman–Crippen LogP) is 3.37. The van der Waals surface area contributed by atoms with Gasteiger partial charge in [0, 0.05) is 0 Å². The third-order valence-electron chi connectivity index (χ3n) is 3.91. The topological polar surface area (TPSA) is 77.6 Å². The molecule has 1 amide bonds. The van der Waals surface area contributed by atoms with Crippen LogP contribution in [0.2, 0.25) is 5.02 Å². The maximum atomic E-state index is 12.8. The van der Waals surface area contributed by atoms with E-state index in [2.05, 4.69) is 20.5 Å². The summed E-state index contributed by atoms with van der Waals surface area (Å²) in [5, 5.41) is 10.2. The van der Waals surface area contributed by atoms with E-state index >= 15 is 0 Å². The van der Waals surface area contributed by atoms with Crippen molar-refractivity contribution < 1.29 is 13.6 Å². The van der Waals surface area contributed by atoms with Gasteiger partial charge >= 0.3 is 0 Å². The molecular weight excluding hydrogens is 378 g/mol. The molecule has 0 aliphatic heterocycles. The molecule has 3 rings (SSSR count). The van der Waals surface area contributed by atoms with Crippen molar-refractivity contribution in [3.63, 3.8) is 0 Å². The Hall–Kier alpha value is -2.81. The van der Waals surface area contributed by atoms with Crippen LogP contribution >= 0.6 is 11.6 Å². The van der Waals surface area contributed by atoms with Gasteiger partial charge in [0.05, 0.1) is 17.3 Å². The smallest absolute Gasteiger partial charge is 0.283 e. The number of amides is 1. The summed E-state index contributed by atoms with van der Waals surface area (Å²) in [5.41, 5.74) is 1.96. The first-order valence-corrected chi connectivity index (χ1v) is 8.47. The van der Waals surface area contributed by atoms with Crippen LogP contribution in [0.15, 0.2) is 30.6 Å². The number of carbonyl (C=O) groups is 1. The molecule has 0 aliphatic carbocycles. The second-order valence-electron chi connectivity index (χ2n) is 6.04. The Morgan fingerprint density at radius 1 is 1.22 bits per heavy atom. The van der Waals surface area contributed by atoms with Gasteiger partial charge in [-0.25, -0.2) is 18.4 Å². The van der Waals surface area contributed by atoms with Crippen LogP contribution < -0.4 is 5.32 Å². The molecule has 0 saturated carbocycles. The van der Waals surface area contributed by atoms with E-state index in [1.54, 1.807) is 4.68 Å². The number of nitrogens with zero attached hydrogens (tertiary/aromatic N) is 5. The van der Waals surface area contributed by atoms with E-state index in [9.17, 15) is 13.6 Å². The summed E-state index contributed by atoms with van der Waals surface area (Å²) in [5.74, 6) is -0.372. The van der Waals surface area contributed by atoms with Crippen LogP contribution in [0.4, 0.5) is 14.7 Å². The second kappa shape index (κ2) is 7.83. The molecule has 0 bridgehead atoms. The first-order chi connectivity index (χ1) is 12.8. The maximum Gasteiger partial charge on any atom is 0.283 e. The summed E-state index contributed by atoms with van der Waals surface area (Å²) in [6, 6.07) is 7.97. The Morgan fingerprint density at radius 3 is 2.56 bits per heavy atom. The average molecular weight is 395 g/mol. The Kier molecular flexibility index (Phi) is 5.50. The number of aromatic nitrogens is 5. The van der Waals surface area contributed by atoms with Gasteiger partial charge in [-0.2, -0.15) is 5.10 Å².